The minimum atomic E-state index is 0.205. The zero-order valence-electron chi connectivity index (χ0n) is 10.4. The SMILES string of the molecule is COc1ccc(C(C)Nc2cccnc2Br)cc1. The predicted octanol–water partition coefficient (Wildman–Crippen LogP) is 4.03. The molecule has 0 saturated heterocycles. The summed E-state index contributed by atoms with van der Waals surface area (Å²) < 4.78 is 5.97. The first-order valence-electron chi connectivity index (χ1n) is 5.71. The van der Waals surface area contributed by atoms with Crippen LogP contribution in [0.5, 0.6) is 5.75 Å². The summed E-state index contributed by atoms with van der Waals surface area (Å²) in [6, 6.07) is 12.2. The van der Waals surface area contributed by atoms with Gasteiger partial charge in [0.15, 0.2) is 0 Å². The van der Waals surface area contributed by atoms with Crippen LogP contribution in [0.4, 0.5) is 5.69 Å². The van der Waals surface area contributed by atoms with E-state index in [-0.39, 0.29) is 6.04 Å². The zero-order valence-corrected chi connectivity index (χ0v) is 11.9. The van der Waals surface area contributed by atoms with E-state index in [4.69, 9.17) is 4.74 Å². The molecular weight excluding hydrogens is 292 g/mol. The zero-order chi connectivity index (χ0) is 13.0. The van der Waals surface area contributed by atoms with Crippen LogP contribution in [0.15, 0.2) is 47.2 Å². The number of methoxy groups -OCH3 is 1. The highest BCUT2D eigenvalue weighted by atomic mass is 79.9. The van der Waals surface area contributed by atoms with Gasteiger partial charge in [-0.05, 0) is 52.7 Å². The lowest BCUT2D eigenvalue weighted by molar-refractivity contribution is 0.414. The Morgan fingerprint density at radius 2 is 1.94 bits per heavy atom. The summed E-state index contributed by atoms with van der Waals surface area (Å²) >= 11 is 3.43. The minimum absolute atomic E-state index is 0.205. The molecule has 18 heavy (non-hydrogen) atoms. The molecule has 1 unspecified atom stereocenters. The average molecular weight is 307 g/mol. The largest absolute Gasteiger partial charge is 0.497 e. The number of nitrogens with zero attached hydrogens (tertiary/aromatic N) is 1. The summed E-state index contributed by atoms with van der Waals surface area (Å²) in [5, 5.41) is 3.41. The van der Waals surface area contributed by atoms with Crippen molar-refractivity contribution in [2.45, 2.75) is 13.0 Å². The molecule has 2 rings (SSSR count). The van der Waals surface area contributed by atoms with Crippen LogP contribution in [0.25, 0.3) is 0 Å². The van der Waals surface area contributed by atoms with Crippen LogP contribution in [-0.2, 0) is 0 Å². The molecule has 0 bridgehead atoms. The highest BCUT2D eigenvalue weighted by Gasteiger charge is 2.07. The molecule has 1 aromatic heterocycles. The number of pyridine rings is 1. The van der Waals surface area contributed by atoms with Crippen molar-refractivity contribution in [2.75, 3.05) is 12.4 Å². The number of halogens is 1. The van der Waals surface area contributed by atoms with Crippen molar-refractivity contribution in [2.24, 2.45) is 0 Å². The Morgan fingerprint density at radius 3 is 2.56 bits per heavy atom. The number of nitrogens with one attached hydrogen (secondary N) is 1. The molecule has 0 spiro atoms. The smallest absolute Gasteiger partial charge is 0.129 e. The molecule has 1 heterocycles. The summed E-state index contributed by atoms with van der Waals surface area (Å²) in [6.45, 7) is 2.11. The van der Waals surface area contributed by atoms with E-state index >= 15 is 0 Å². The maximum Gasteiger partial charge on any atom is 0.129 e. The van der Waals surface area contributed by atoms with Crippen molar-refractivity contribution in [3.8, 4) is 5.75 Å². The molecular formula is C14H15BrN2O. The third-order valence-corrected chi connectivity index (χ3v) is 3.38. The average Bonchev–Trinajstić information content (AvgIpc) is 2.41. The summed E-state index contributed by atoms with van der Waals surface area (Å²) in [6.07, 6.45) is 1.76. The number of aromatic nitrogens is 1. The molecule has 2 aromatic rings. The minimum Gasteiger partial charge on any atom is -0.497 e. The lowest BCUT2D eigenvalue weighted by Crippen LogP contribution is -2.07. The van der Waals surface area contributed by atoms with Crippen LogP contribution >= 0.6 is 15.9 Å². The van der Waals surface area contributed by atoms with E-state index in [1.54, 1.807) is 13.3 Å². The van der Waals surface area contributed by atoms with Crippen LogP contribution in [-0.4, -0.2) is 12.1 Å². The van der Waals surface area contributed by atoms with Gasteiger partial charge in [-0.3, -0.25) is 0 Å². The van der Waals surface area contributed by atoms with Crippen molar-refractivity contribution in [3.05, 3.63) is 52.8 Å². The van der Waals surface area contributed by atoms with Crippen LogP contribution < -0.4 is 10.1 Å². The highest BCUT2D eigenvalue weighted by molar-refractivity contribution is 9.10. The Kier molecular flexibility index (Phi) is 4.20. The van der Waals surface area contributed by atoms with Gasteiger partial charge in [-0.15, -0.1) is 0 Å². The monoisotopic (exact) mass is 306 g/mol. The molecule has 0 fully saturated rings. The first-order valence-corrected chi connectivity index (χ1v) is 6.51. The quantitative estimate of drug-likeness (QED) is 0.866. The number of hydrogen-bond acceptors (Lipinski definition) is 3. The van der Waals surface area contributed by atoms with E-state index in [9.17, 15) is 0 Å². The molecule has 4 heteroatoms. The van der Waals surface area contributed by atoms with Gasteiger partial charge < -0.3 is 10.1 Å². The van der Waals surface area contributed by atoms with E-state index in [1.165, 1.54) is 5.56 Å². The summed E-state index contributed by atoms with van der Waals surface area (Å²) in [5.74, 6) is 0.869. The topological polar surface area (TPSA) is 34.1 Å². The Labute approximate surface area is 115 Å². The molecule has 1 atom stereocenters. The third-order valence-electron chi connectivity index (χ3n) is 2.75. The molecule has 94 valence electrons. The molecule has 0 saturated carbocycles. The number of ether oxygens (including phenoxy) is 1. The Morgan fingerprint density at radius 1 is 1.22 bits per heavy atom. The van der Waals surface area contributed by atoms with Crippen LogP contribution in [0, 0.1) is 0 Å². The van der Waals surface area contributed by atoms with Gasteiger partial charge in [0.1, 0.15) is 10.4 Å². The van der Waals surface area contributed by atoms with Gasteiger partial charge in [0.25, 0.3) is 0 Å². The normalized spacial score (nSPS) is 11.9. The molecule has 0 amide bonds. The van der Waals surface area contributed by atoms with E-state index in [0.717, 1.165) is 16.0 Å². The van der Waals surface area contributed by atoms with Crippen molar-refractivity contribution >= 4 is 21.6 Å². The maximum atomic E-state index is 5.15. The number of anilines is 1. The van der Waals surface area contributed by atoms with Gasteiger partial charge in [0.05, 0.1) is 12.8 Å². The van der Waals surface area contributed by atoms with Gasteiger partial charge in [-0.2, -0.15) is 0 Å². The van der Waals surface area contributed by atoms with E-state index in [2.05, 4.69) is 45.3 Å². The third kappa shape index (κ3) is 3.01. The van der Waals surface area contributed by atoms with E-state index in [0.29, 0.717) is 0 Å². The number of rotatable bonds is 4. The number of hydrogen-bond donors (Lipinski definition) is 1. The molecule has 0 aliphatic rings. The molecule has 1 aromatic carbocycles. The first kappa shape index (κ1) is 12.9. The predicted molar refractivity (Wildman–Crippen MR) is 77.0 cm³/mol. The molecule has 1 N–H and O–H groups in total. The first-order chi connectivity index (χ1) is 8.70. The van der Waals surface area contributed by atoms with Gasteiger partial charge in [0, 0.05) is 12.2 Å². The van der Waals surface area contributed by atoms with E-state index in [1.807, 2.05) is 24.3 Å². The van der Waals surface area contributed by atoms with Crippen LogP contribution in [0.1, 0.15) is 18.5 Å². The number of benzene rings is 1. The van der Waals surface area contributed by atoms with Crippen LogP contribution in [0.2, 0.25) is 0 Å². The standard InChI is InChI=1S/C14H15BrN2O/c1-10(11-5-7-12(18-2)8-6-11)17-13-4-3-9-16-14(13)15/h3-10,17H,1-2H3. The maximum absolute atomic E-state index is 5.15. The fourth-order valence-corrected chi connectivity index (χ4v) is 2.07. The van der Waals surface area contributed by atoms with Crippen molar-refractivity contribution in [1.29, 1.82) is 0 Å². The summed E-state index contributed by atoms with van der Waals surface area (Å²) in [7, 11) is 1.67. The summed E-state index contributed by atoms with van der Waals surface area (Å²) in [4.78, 5) is 4.19. The Bertz CT molecular complexity index is 513. The van der Waals surface area contributed by atoms with Gasteiger partial charge in [-0.25, -0.2) is 4.98 Å². The van der Waals surface area contributed by atoms with Crippen molar-refractivity contribution in [1.82, 2.24) is 4.98 Å². The second-order valence-electron chi connectivity index (χ2n) is 3.98. The lowest BCUT2D eigenvalue weighted by atomic mass is 10.1. The molecule has 0 radical (unpaired) electrons. The fraction of sp³-hybridized carbons (Fsp3) is 0.214. The van der Waals surface area contributed by atoms with Crippen LogP contribution in [0.3, 0.4) is 0 Å². The molecule has 3 nitrogen and oxygen atoms in total. The van der Waals surface area contributed by atoms with Crippen molar-refractivity contribution < 1.29 is 4.74 Å². The van der Waals surface area contributed by atoms with E-state index < -0.39 is 0 Å². The molecule has 0 aliphatic carbocycles. The highest BCUT2D eigenvalue weighted by Crippen LogP contribution is 2.25. The Hall–Kier alpha value is -1.55. The van der Waals surface area contributed by atoms with Crippen molar-refractivity contribution in [3.63, 3.8) is 0 Å². The lowest BCUT2D eigenvalue weighted by Gasteiger charge is -2.16. The van der Waals surface area contributed by atoms with Gasteiger partial charge >= 0.3 is 0 Å². The second-order valence-corrected chi connectivity index (χ2v) is 4.73. The van der Waals surface area contributed by atoms with Gasteiger partial charge in [0.2, 0.25) is 0 Å². The van der Waals surface area contributed by atoms with Gasteiger partial charge in [-0.1, -0.05) is 12.1 Å². The fourth-order valence-electron chi connectivity index (χ4n) is 1.70. The Balaban J connectivity index is 2.11. The summed E-state index contributed by atoms with van der Waals surface area (Å²) in [5.41, 5.74) is 2.19. The molecule has 0 aliphatic heterocycles. The second kappa shape index (κ2) is 5.87.